The van der Waals surface area contributed by atoms with Gasteiger partial charge in [0.25, 0.3) is 5.69 Å². The second-order valence-electron chi connectivity index (χ2n) is 5.47. The molecular weight excluding hydrogens is 244 g/mol. The van der Waals surface area contributed by atoms with Crippen LogP contribution >= 0.6 is 0 Å². The Morgan fingerprint density at radius 2 is 2.26 bits per heavy atom. The van der Waals surface area contributed by atoms with Gasteiger partial charge in [-0.25, -0.2) is 0 Å². The van der Waals surface area contributed by atoms with E-state index in [0.29, 0.717) is 17.4 Å². The summed E-state index contributed by atoms with van der Waals surface area (Å²) in [5.74, 6) is 1.29. The molecule has 5 nitrogen and oxygen atoms in total. The first-order valence-corrected chi connectivity index (χ1v) is 6.66. The number of hydrogen-bond donors (Lipinski definition) is 1. The van der Waals surface area contributed by atoms with E-state index in [4.69, 9.17) is 0 Å². The van der Waals surface area contributed by atoms with Gasteiger partial charge in [-0.3, -0.25) is 10.1 Å². The highest BCUT2D eigenvalue weighted by atomic mass is 16.6. The number of rotatable bonds is 4. The Balaban J connectivity index is 2.23. The summed E-state index contributed by atoms with van der Waals surface area (Å²) in [5, 5.41) is 20.2. The summed E-state index contributed by atoms with van der Waals surface area (Å²) in [6, 6.07) is 4.74. The largest absolute Gasteiger partial charge is 0.392 e. The zero-order chi connectivity index (χ0) is 14.0. The van der Waals surface area contributed by atoms with Gasteiger partial charge in [0.1, 0.15) is 0 Å². The van der Waals surface area contributed by atoms with Crippen LogP contribution in [0.4, 0.5) is 11.4 Å². The third kappa shape index (κ3) is 2.87. The van der Waals surface area contributed by atoms with Crippen LogP contribution in [-0.4, -0.2) is 23.1 Å². The smallest absolute Gasteiger partial charge is 0.269 e. The maximum absolute atomic E-state index is 10.8. The van der Waals surface area contributed by atoms with Crippen molar-refractivity contribution in [1.29, 1.82) is 0 Å². The second-order valence-corrected chi connectivity index (χ2v) is 5.47. The summed E-state index contributed by atoms with van der Waals surface area (Å²) in [6.45, 7) is 6.18. The summed E-state index contributed by atoms with van der Waals surface area (Å²) in [5.41, 5.74) is 1.60. The molecule has 0 saturated carbocycles. The van der Waals surface area contributed by atoms with Crippen molar-refractivity contribution in [2.75, 3.05) is 18.0 Å². The normalized spacial score (nSPS) is 19.2. The number of non-ortho nitro benzene ring substituents is 1. The van der Waals surface area contributed by atoms with Gasteiger partial charge in [-0.1, -0.05) is 13.8 Å². The predicted molar refractivity (Wildman–Crippen MR) is 74.2 cm³/mol. The molecule has 0 aliphatic carbocycles. The molecule has 5 heteroatoms. The lowest BCUT2D eigenvalue weighted by Gasteiger charge is -2.22. The Hall–Kier alpha value is -1.62. The minimum atomic E-state index is -0.427. The SMILES string of the molecule is CC(C)C1CCN(c2ccc([N+](=O)[O-])cc2CO)C1. The lowest BCUT2D eigenvalue weighted by Crippen LogP contribution is -2.22. The highest BCUT2D eigenvalue weighted by Crippen LogP contribution is 2.32. The van der Waals surface area contributed by atoms with Crippen LogP contribution in [0.3, 0.4) is 0 Å². The lowest BCUT2D eigenvalue weighted by atomic mass is 9.95. The van der Waals surface area contributed by atoms with Crippen LogP contribution in [0.2, 0.25) is 0 Å². The lowest BCUT2D eigenvalue weighted by molar-refractivity contribution is -0.384. The van der Waals surface area contributed by atoms with Crippen molar-refractivity contribution in [3.8, 4) is 0 Å². The number of hydrogen-bond acceptors (Lipinski definition) is 4. The second kappa shape index (κ2) is 5.57. The summed E-state index contributed by atoms with van der Waals surface area (Å²) in [7, 11) is 0. The maximum atomic E-state index is 10.8. The monoisotopic (exact) mass is 264 g/mol. The first-order valence-electron chi connectivity index (χ1n) is 6.66. The van der Waals surface area contributed by atoms with Gasteiger partial charge < -0.3 is 10.0 Å². The highest BCUT2D eigenvalue weighted by Gasteiger charge is 2.26. The molecule has 0 amide bonds. The van der Waals surface area contributed by atoms with E-state index in [-0.39, 0.29) is 12.3 Å². The molecule has 0 aromatic heterocycles. The first kappa shape index (κ1) is 13.8. The van der Waals surface area contributed by atoms with Gasteiger partial charge in [0.05, 0.1) is 11.5 Å². The molecule has 104 valence electrons. The average Bonchev–Trinajstić information content (AvgIpc) is 2.87. The molecule has 1 aliphatic heterocycles. The molecule has 1 fully saturated rings. The van der Waals surface area contributed by atoms with E-state index in [1.807, 2.05) is 0 Å². The minimum Gasteiger partial charge on any atom is -0.392 e. The van der Waals surface area contributed by atoms with E-state index in [2.05, 4.69) is 18.7 Å². The zero-order valence-electron chi connectivity index (χ0n) is 11.4. The molecule has 1 N–H and O–H groups in total. The molecule has 19 heavy (non-hydrogen) atoms. The Labute approximate surface area is 113 Å². The fourth-order valence-electron chi connectivity index (χ4n) is 2.67. The number of aliphatic hydroxyl groups excluding tert-OH is 1. The van der Waals surface area contributed by atoms with Crippen LogP contribution in [0.1, 0.15) is 25.8 Å². The Morgan fingerprint density at radius 3 is 2.79 bits per heavy atom. The Kier molecular flexibility index (Phi) is 4.04. The van der Waals surface area contributed by atoms with Gasteiger partial charge in [-0.2, -0.15) is 0 Å². The number of anilines is 1. The summed E-state index contributed by atoms with van der Waals surface area (Å²) >= 11 is 0. The van der Waals surface area contributed by atoms with Crippen LogP contribution in [0, 0.1) is 22.0 Å². The molecule has 1 aromatic carbocycles. The number of aliphatic hydroxyl groups is 1. The molecule has 2 rings (SSSR count). The predicted octanol–water partition coefficient (Wildman–Crippen LogP) is 2.57. The quantitative estimate of drug-likeness (QED) is 0.670. The van der Waals surface area contributed by atoms with Crippen LogP contribution in [0.15, 0.2) is 18.2 Å². The summed E-state index contributed by atoms with van der Waals surface area (Å²) in [4.78, 5) is 12.5. The van der Waals surface area contributed by atoms with Gasteiger partial charge in [-0.15, -0.1) is 0 Å². The number of nitro groups is 1. The van der Waals surface area contributed by atoms with Crippen molar-refractivity contribution >= 4 is 11.4 Å². The van der Waals surface area contributed by atoms with Gasteiger partial charge in [0.15, 0.2) is 0 Å². The topological polar surface area (TPSA) is 66.6 Å². The van der Waals surface area contributed by atoms with Crippen molar-refractivity contribution in [2.45, 2.75) is 26.9 Å². The average molecular weight is 264 g/mol. The van der Waals surface area contributed by atoms with Crippen LogP contribution in [0.25, 0.3) is 0 Å². The molecule has 1 aliphatic rings. The Morgan fingerprint density at radius 1 is 1.53 bits per heavy atom. The number of benzene rings is 1. The third-order valence-corrected chi connectivity index (χ3v) is 3.95. The van der Waals surface area contributed by atoms with E-state index >= 15 is 0 Å². The van der Waals surface area contributed by atoms with E-state index < -0.39 is 4.92 Å². The standard InChI is InChI=1S/C14H20N2O3/c1-10(2)11-5-6-15(8-11)14-4-3-13(16(18)19)7-12(14)9-17/h3-4,7,10-11,17H,5-6,8-9H2,1-2H3. The molecule has 0 spiro atoms. The molecule has 1 saturated heterocycles. The van der Waals surface area contributed by atoms with Crippen LogP contribution in [-0.2, 0) is 6.61 Å². The van der Waals surface area contributed by atoms with Crippen LogP contribution in [0.5, 0.6) is 0 Å². The van der Waals surface area contributed by atoms with Crippen molar-refractivity contribution in [1.82, 2.24) is 0 Å². The molecule has 0 radical (unpaired) electrons. The fraction of sp³-hybridized carbons (Fsp3) is 0.571. The summed E-state index contributed by atoms with van der Waals surface area (Å²) in [6.07, 6.45) is 1.14. The maximum Gasteiger partial charge on any atom is 0.269 e. The van der Waals surface area contributed by atoms with E-state index in [1.54, 1.807) is 6.07 Å². The number of nitrogens with zero attached hydrogens (tertiary/aromatic N) is 2. The van der Waals surface area contributed by atoms with Gasteiger partial charge in [0.2, 0.25) is 0 Å². The third-order valence-electron chi connectivity index (χ3n) is 3.95. The van der Waals surface area contributed by atoms with E-state index in [1.165, 1.54) is 12.1 Å². The molecule has 1 heterocycles. The summed E-state index contributed by atoms with van der Waals surface area (Å²) < 4.78 is 0. The van der Waals surface area contributed by atoms with Crippen molar-refractivity contribution in [3.63, 3.8) is 0 Å². The molecule has 1 atom stereocenters. The Bertz CT molecular complexity index is 474. The van der Waals surface area contributed by atoms with Gasteiger partial charge in [-0.05, 0) is 24.3 Å². The zero-order valence-corrected chi connectivity index (χ0v) is 11.4. The highest BCUT2D eigenvalue weighted by molar-refractivity contribution is 5.58. The van der Waals surface area contributed by atoms with E-state index in [0.717, 1.165) is 25.2 Å². The van der Waals surface area contributed by atoms with Crippen molar-refractivity contribution in [2.24, 2.45) is 11.8 Å². The van der Waals surface area contributed by atoms with Crippen molar-refractivity contribution < 1.29 is 10.0 Å². The molecule has 1 aromatic rings. The number of nitro benzene ring substituents is 1. The van der Waals surface area contributed by atoms with Gasteiger partial charge in [0, 0.05) is 36.5 Å². The van der Waals surface area contributed by atoms with E-state index in [9.17, 15) is 15.2 Å². The fourth-order valence-corrected chi connectivity index (χ4v) is 2.67. The molecule has 1 unspecified atom stereocenters. The molecule has 0 bridgehead atoms. The van der Waals surface area contributed by atoms with Crippen LogP contribution < -0.4 is 4.90 Å². The van der Waals surface area contributed by atoms with Crippen molar-refractivity contribution in [3.05, 3.63) is 33.9 Å². The van der Waals surface area contributed by atoms with Gasteiger partial charge >= 0.3 is 0 Å². The minimum absolute atomic E-state index is 0.0346. The molecular formula is C14H20N2O3. The first-order chi connectivity index (χ1) is 9.02.